The van der Waals surface area contributed by atoms with Gasteiger partial charge in [-0.1, -0.05) is 0 Å². The SMILES string of the molecule is COC(=O)c1sc(NC(=O)c2cc3nc(-c4ccc([N+](=O)[O-])cc4)cc(C(F)(F)F)n3n2)c(C(=O)O)c1C. The second kappa shape index (κ2) is 9.55. The van der Waals surface area contributed by atoms with Crippen LogP contribution in [0.3, 0.4) is 0 Å². The van der Waals surface area contributed by atoms with Gasteiger partial charge in [0.1, 0.15) is 9.88 Å². The molecule has 4 rings (SSSR count). The number of nitro groups is 1. The Labute approximate surface area is 213 Å². The van der Waals surface area contributed by atoms with Crippen molar-refractivity contribution in [1.29, 1.82) is 0 Å². The van der Waals surface area contributed by atoms with E-state index in [2.05, 4.69) is 20.1 Å². The first-order chi connectivity index (χ1) is 17.8. The van der Waals surface area contributed by atoms with E-state index in [0.717, 1.165) is 25.3 Å². The molecule has 1 amide bonds. The van der Waals surface area contributed by atoms with E-state index in [0.29, 0.717) is 21.9 Å². The van der Waals surface area contributed by atoms with Gasteiger partial charge in [-0.2, -0.15) is 18.3 Å². The Morgan fingerprint density at radius 3 is 2.39 bits per heavy atom. The number of methoxy groups -OCH3 is 1. The molecule has 12 nitrogen and oxygen atoms in total. The predicted molar refractivity (Wildman–Crippen MR) is 125 cm³/mol. The molecule has 0 aliphatic heterocycles. The van der Waals surface area contributed by atoms with Gasteiger partial charge in [0.25, 0.3) is 11.6 Å². The molecule has 3 aromatic heterocycles. The second-order valence-corrected chi connectivity index (χ2v) is 8.66. The number of fused-ring (bicyclic) bond motifs is 1. The summed E-state index contributed by atoms with van der Waals surface area (Å²) in [6, 6.07) is 6.31. The van der Waals surface area contributed by atoms with E-state index >= 15 is 0 Å². The van der Waals surface area contributed by atoms with E-state index in [9.17, 15) is 42.8 Å². The van der Waals surface area contributed by atoms with E-state index in [-0.39, 0.29) is 43.6 Å². The van der Waals surface area contributed by atoms with Gasteiger partial charge in [0.15, 0.2) is 17.0 Å². The number of anilines is 1. The number of alkyl halides is 3. The van der Waals surface area contributed by atoms with Crippen LogP contribution in [0.25, 0.3) is 16.9 Å². The number of aromatic carboxylic acids is 1. The van der Waals surface area contributed by atoms with Crippen molar-refractivity contribution in [3.8, 4) is 11.3 Å². The molecule has 38 heavy (non-hydrogen) atoms. The fourth-order valence-corrected chi connectivity index (χ4v) is 4.61. The number of nitrogens with zero attached hydrogens (tertiary/aromatic N) is 4. The van der Waals surface area contributed by atoms with Crippen molar-refractivity contribution >= 4 is 45.5 Å². The van der Waals surface area contributed by atoms with E-state index < -0.39 is 40.3 Å². The van der Waals surface area contributed by atoms with E-state index in [4.69, 9.17) is 0 Å². The summed E-state index contributed by atoms with van der Waals surface area (Å²) in [4.78, 5) is 50.8. The molecule has 4 aromatic rings. The number of carbonyl (C=O) groups excluding carboxylic acids is 2. The molecule has 16 heteroatoms. The van der Waals surface area contributed by atoms with Crippen LogP contribution < -0.4 is 5.32 Å². The summed E-state index contributed by atoms with van der Waals surface area (Å²) in [5, 5.41) is 26.1. The number of thiophene rings is 1. The van der Waals surface area contributed by atoms with Crippen LogP contribution in [0.15, 0.2) is 36.4 Å². The normalized spacial score (nSPS) is 11.4. The molecule has 0 aliphatic carbocycles. The van der Waals surface area contributed by atoms with Crippen LogP contribution >= 0.6 is 11.3 Å². The number of carboxylic acids is 1. The largest absolute Gasteiger partial charge is 0.478 e. The Hall–Kier alpha value is -4.86. The molecule has 1 aromatic carbocycles. The molecular weight excluding hydrogens is 535 g/mol. The van der Waals surface area contributed by atoms with Gasteiger partial charge in [-0.15, -0.1) is 11.3 Å². The molecule has 0 aliphatic rings. The molecule has 0 radical (unpaired) electrons. The number of hydrogen-bond donors (Lipinski definition) is 2. The highest BCUT2D eigenvalue weighted by Gasteiger charge is 2.36. The molecular formula is C22H14F3N5O7S. The minimum atomic E-state index is -4.92. The van der Waals surface area contributed by atoms with Gasteiger partial charge in [0.2, 0.25) is 0 Å². The molecule has 0 bridgehead atoms. The Morgan fingerprint density at radius 2 is 1.84 bits per heavy atom. The molecule has 0 saturated carbocycles. The molecule has 0 saturated heterocycles. The topological polar surface area (TPSA) is 166 Å². The van der Waals surface area contributed by atoms with Crippen LogP contribution in [0.2, 0.25) is 0 Å². The number of benzene rings is 1. The maximum absolute atomic E-state index is 13.9. The molecule has 0 fully saturated rings. The van der Waals surface area contributed by atoms with E-state index in [1.807, 2.05) is 0 Å². The minimum absolute atomic E-state index is 0.0356. The fourth-order valence-electron chi connectivity index (χ4n) is 3.50. The van der Waals surface area contributed by atoms with Crippen LogP contribution in [-0.2, 0) is 10.9 Å². The smallest absolute Gasteiger partial charge is 0.433 e. The summed E-state index contributed by atoms with van der Waals surface area (Å²) in [6.45, 7) is 1.34. The third-order valence-electron chi connectivity index (χ3n) is 5.28. The summed E-state index contributed by atoms with van der Waals surface area (Å²) in [7, 11) is 1.09. The standard InChI is InChI=1S/C22H14F3N5O7S/c1-9-16(20(32)33)19(38-17(9)21(34)37-2)27-18(31)13-8-15-26-12(7-14(22(23,24)25)29(15)28-13)10-3-5-11(6-4-10)30(35)36/h3-8H,1-2H3,(H,27,31)(H,32,33). The van der Waals surface area contributed by atoms with E-state index in [1.165, 1.54) is 19.1 Å². The van der Waals surface area contributed by atoms with Gasteiger partial charge in [0.05, 0.1) is 23.3 Å². The lowest BCUT2D eigenvalue weighted by Gasteiger charge is -2.11. The number of amides is 1. The zero-order chi connectivity index (χ0) is 27.9. The Balaban J connectivity index is 1.77. The molecule has 0 atom stereocenters. The van der Waals surface area contributed by atoms with Crippen molar-refractivity contribution in [3.05, 3.63) is 73.9 Å². The second-order valence-electron chi connectivity index (χ2n) is 7.64. The molecule has 2 N–H and O–H groups in total. The number of ether oxygens (including phenoxy) is 1. The predicted octanol–water partition coefficient (Wildman–Crippen LogP) is 4.43. The van der Waals surface area contributed by atoms with Gasteiger partial charge in [0, 0.05) is 23.8 Å². The van der Waals surface area contributed by atoms with Gasteiger partial charge in [-0.3, -0.25) is 14.9 Å². The maximum Gasteiger partial charge on any atom is 0.433 e. The Bertz CT molecular complexity index is 1630. The summed E-state index contributed by atoms with van der Waals surface area (Å²) >= 11 is 0.622. The number of non-ortho nitro benzene ring substituents is 1. The first-order valence-electron chi connectivity index (χ1n) is 10.3. The lowest BCUT2D eigenvalue weighted by Crippen LogP contribution is -2.16. The third-order valence-corrected chi connectivity index (χ3v) is 6.47. The van der Waals surface area contributed by atoms with E-state index in [1.54, 1.807) is 0 Å². The van der Waals surface area contributed by atoms with Crippen LogP contribution in [-0.4, -0.2) is 49.6 Å². The number of aromatic nitrogens is 3. The number of nitro benzene ring substituents is 1. The first-order valence-corrected chi connectivity index (χ1v) is 11.1. The van der Waals surface area contributed by atoms with Crippen molar-refractivity contribution in [2.45, 2.75) is 13.1 Å². The average Bonchev–Trinajstić information content (AvgIpc) is 3.43. The minimum Gasteiger partial charge on any atom is -0.478 e. The Morgan fingerprint density at radius 1 is 1.18 bits per heavy atom. The molecule has 0 spiro atoms. The van der Waals surface area contributed by atoms with Crippen LogP contribution in [0.4, 0.5) is 23.9 Å². The Kier molecular flexibility index (Phi) is 6.58. The molecule has 196 valence electrons. The van der Waals surface area contributed by atoms with Gasteiger partial charge in [-0.25, -0.2) is 19.1 Å². The summed E-state index contributed by atoms with van der Waals surface area (Å²) in [5.74, 6) is -3.34. The third kappa shape index (κ3) is 4.75. The van der Waals surface area contributed by atoms with Crippen LogP contribution in [0, 0.1) is 17.0 Å². The van der Waals surface area contributed by atoms with Crippen molar-refractivity contribution in [1.82, 2.24) is 14.6 Å². The summed E-state index contributed by atoms with van der Waals surface area (Å²) < 4.78 is 46.6. The highest BCUT2D eigenvalue weighted by atomic mass is 32.1. The van der Waals surface area contributed by atoms with Crippen LogP contribution in [0.1, 0.15) is 41.8 Å². The number of halogens is 3. The average molecular weight is 549 g/mol. The van der Waals surface area contributed by atoms with Gasteiger partial charge >= 0.3 is 18.1 Å². The number of hydrogen-bond acceptors (Lipinski definition) is 9. The maximum atomic E-state index is 13.9. The number of carbonyl (C=O) groups is 3. The lowest BCUT2D eigenvalue weighted by molar-refractivity contribution is -0.384. The van der Waals surface area contributed by atoms with Crippen LogP contribution in [0.5, 0.6) is 0 Å². The quantitative estimate of drug-likeness (QED) is 0.201. The molecule has 0 unspecified atom stereocenters. The highest BCUT2D eigenvalue weighted by molar-refractivity contribution is 7.18. The zero-order valence-electron chi connectivity index (χ0n) is 19.2. The lowest BCUT2D eigenvalue weighted by atomic mass is 10.1. The fraction of sp³-hybridized carbons (Fsp3) is 0.136. The first kappa shape index (κ1) is 26.2. The summed E-state index contributed by atoms with van der Waals surface area (Å²) in [5.41, 5.74) is -2.83. The van der Waals surface area contributed by atoms with Crippen molar-refractivity contribution < 1.29 is 42.3 Å². The number of nitrogens with one attached hydrogen (secondary N) is 1. The number of carboxylic acid groups (broad SMARTS) is 1. The molecule has 3 heterocycles. The summed E-state index contributed by atoms with van der Waals surface area (Å²) in [6.07, 6.45) is -4.92. The number of esters is 1. The van der Waals surface area contributed by atoms with Crippen molar-refractivity contribution in [2.24, 2.45) is 0 Å². The zero-order valence-corrected chi connectivity index (χ0v) is 20.0. The highest BCUT2D eigenvalue weighted by Crippen LogP contribution is 2.35. The monoisotopic (exact) mass is 549 g/mol. The van der Waals surface area contributed by atoms with Crippen molar-refractivity contribution in [3.63, 3.8) is 0 Å². The van der Waals surface area contributed by atoms with Gasteiger partial charge < -0.3 is 15.2 Å². The number of rotatable bonds is 6. The van der Waals surface area contributed by atoms with Crippen molar-refractivity contribution in [2.75, 3.05) is 12.4 Å². The van der Waals surface area contributed by atoms with Gasteiger partial charge in [-0.05, 0) is 30.7 Å².